The second-order valence-electron chi connectivity index (χ2n) is 4.71. The fraction of sp³-hybridized carbons (Fsp3) is 0.467. The molecule has 5 heteroatoms. The Kier molecular flexibility index (Phi) is 4.61. The zero-order chi connectivity index (χ0) is 14.5. The summed E-state index contributed by atoms with van der Waals surface area (Å²) in [6.07, 6.45) is 0.610. The largest absolute Gasteiger partial charge is 0.493 e. The smallest absolute Gasteiger partial charge is 0.328 e. The molecule has 20 heavy (non-hydrogen) atoms. The van der Waals surface area contributed by atoms with Crippen LogP contribution in [0.4, 0.5) is 0 Å². The summed E-state index contributed by atoms with van der Waals surface area (Å²) in [5, 5.41) is 2.71. The molecule has 0 bridgehead atoms. The lowest BCUT2D eigenvalue weighted by atomic mass is 9.92. The highest BCUT2D eigenvalue weighted by molar-refractivity contribution is 5.89. The van der Waals surface area contributed by atoms with Gasteiger partial charge in [0.1, 0.15) is 11.8 Å². The molecule has 0 saturated carbocycles. The van der Waals surface area contributed by atoms with Crippen molar-refractivity contribution in [3.05, 3.63) is 29.8 Å². The Morgan fingerprint density at radius 1 is 1.45 bits per heavy atom. The number of carbonyl (C=O) groups is 2. The number of nitrogens with one attached hydrogen (secondary N) is 1. The van der Waals surface area contributed by atoms with Crippen LogP contribution in [0.2, 0.25) is 0 Å². The van der Waals surface area contributed by atoms with Gasteiger partial charge in [-0.1, -0.05) is 18.2 Å². The number of fused-ring (bicyclic) bond motifs is 1. The Labute approximate surface area is 118 Å². The summed E-state index contributed by atoms with van der Waals surface area (Å²) in [5.41, 5.74) is 0.868. The van der Waals surface area contributed by atoms with E-state index in [2.05, 4.69) is 5.32 Å². The number of ether oxygens (including phenoxy) is 2. The summed E-state index contributed by atoms with van der Waals surface area (Å²) in [6.45, 7) is 4.17. The van der Waals surface area contributed by atoms with Crippen LogP contribution in [0.25, 0.3) is 0 Å². The molecule has 0 saturated heterocycles. The first-order valence-corrected chi connectivity index (χ1v) is 6.82. The third-order valence-corrected chi connectivity index (χ3v) is 3.27. The van der Waals surface area contributed by atoms with Crippen LogP contribution in [-0.4, -0.2) is 31.1 Å². The SMILES string of the molecule is CCOC(=O)C(C)NC(=O)C1CCOc2ccccc21. The van der Waals surface area contributed by atoms with E-state index in [1.165, 1.54) is 0 Å². The number of hydrogen-bond donors (Lipinski definition) is 1. The molecule has 2 atom stereocenters. The minimum atomic E-state index is -0.641. The van der Waals surface area contributed by atoms with Gasteiger partial charge in [-0.25, -0.2) is 4.79 Å². The molecule has 0 radical (unpaired) electrons. The summed E-state index contributed by atoms with van der Waals surface area (Å²) in [7, 11) is 0. The van der Waals surface area contributed by atoms with Crippen LogP contribution in [0.5, 0.6) is 5.75 Å². The highest BCUT2D eigenvalue weighted by Gasteiger charge is 2.29. The number of amides is 1. The van der Waals surface area contributed by atoms with Crippen LogP contribution >= 0.6 is 0 Å². The Morgan fingerprint density at radius 2 is 2.20 bits per heavy atom. The maximum absolute atomic E-state index is 12.3. The fourth-order valence-electron chi connectivity index (χ4n) is 2.25. The van der Waals surface area contributed by atoms with E-state index in [0.717, 1.165) is 11.3 Å². The van der Waals surface area contributed by atoms with E-state index in [-0.39, 0.29) is 11.8 Å². The van der Waals surface area contributed by atoms with E-state index in [9.17, 15) is 9.59 Å². The third-order valence-electron chi connectivity index (χ3n) is 3.27. The summed E-state index contributed by atoms with van der Waals surface area (Å²) >= 11 is 0. The minimum absolute atomic E-state index is 0.165. The molecule has 1 amide bonds. The number of benzene rings is 1. The molecule has 2 rings (SSSR count). The third kappa shape index (κ3) is 3.10. The first-order chi connectivity index (χ1) is 9.63. The van der Waals surface area contributed by atoms with Crippen LogP contribution in [-0.2, 0) is 14.3 Å². The van der Waals surface area contributed by atoms with Crippen LogP contribution in [0.15, 0.2) is 24.3 Å². The molecule has 0 aliphatic carbocycles. The number of carbonyl (C=O) groups excluding carboxylic acids is 2. The molecule has 1 heterocycles. The molecule has 0 aromatic heterocycles. The molecule has 2 unspecified atom stereocenters. The first kappa shape index (κ1) is 14.4. The topological polar surface area (TPSA) is 64.6 Å². The van der Waals surface area contributed by atoms with Crippen molar-refractivity contribution in [2.45, 2.75) is 32.2 Å². The van der Waals surface area contributed by atoms with Gasteiger partial charge in [-0.05, 0) is 26.3 Å². The van der Waals surface area contributed by atoms with Gasteiger partial charge in [0.05, 0.1) is 19.1 Å². The molecule has 1 aromatic rings. The Hall–Kier alpha value is -2.04. The summed E-state index contributed by atoms with van der Waals surface area (Å²) in [5.74, 6) is -0.123. The van der Waals surface area contributed by atoms with E-state index >= 15 is 0 Å². The van der Waals surface area contributed by atoms with Crippen LogP contribution in [0, 0.1) is 0 Å². The molecule has 0 spiro atoms. The van der Waals surface area contributed by atoms with Gasteiger partial charge in [0.15, 0.2) is 0 Å². The predicted octanol–water partition coefficient (Wildman–Crippen LogP) is 1.62. The van der Waals surface area contributed by atoms with Gasteiger partial charge < -0.3 is 14.8 Å². The molecule has 1 aromatic carbocycles. The lowest BCUT2D eigenvalue weighted by Crippen LogP contribution is -2.42. The van der Waals surface area contributed by atoms with Gasteiger partial charge in [-0.3, -0.25) is 4.79 Å². The van der Waals surface area contributed by atoms with E-state index in [1.807, 2.05) is 24.3 Å². The first-order valence-electron chi connectivity index (χ1n) is 6.82. The average molecular weight is 277 g/mol. The maximum atomic E-state index is 12.3. The van der Waals surface area contributed by atoms with Crippen molar-refractivity contribution in [3.63, 3.8) is 0 Å². The Morgan fingerprint density at radius 3 is 2.95 bits per heavy atom. The van der Waals surface area contributed by atoms with Gasteiger partial charge >= 0.3 is 5.97 Å². The lowest BCUT2D eigenvalue weighted by Gasteiger charge is -2.26. The monoisotopic (exact) mass is 277 g/mol. The number of hydrogen-bond acceptors (Lipinski definition) is 4. The summed E-state index contributed by atoms with van der Waals surface area (Å²) < 4.78 is 10.4. The minimum Gasteiger partial charge on any atom is -0.493 e. The molecule has 1 N–H and O–H groups in total. The van der Waals surface area contributed by atoms with E-state index in [0.29, 0.717) is 19.6 Å². The molecule has 108 valence electrons. The van der Waals surface area contributed by atoms with Crippen molar-refractivity contribution in [3.8, 4) is 5.75 Å². The number of rotatable bonds is 4. The fourth-order valence-corrected chi connectivity index (χ4v) is 2.25. The van der Waals surface area contributed by atoms with Gasteiger partial charge in [-0.2, -0.15) is 0 Å². The molecule has 0 fully saturated rings. The van der Waals surface area contributed by atoms with Crippen molar-refractivity contribution < 1.29 is 19.1 Å². The second-order valence-corrected chi connectivity index (χ2v) is 4.71. The normalized spacial score (nSPS) is 18.4. The van der Waals surface area contributed by atoms with Crippen molar-refractivity contribution >= 4 is 11.9 Å². The molecule has 5 nitrogen and oxygen atoms in total. The number of esters is 1. The summed E-state index contributed by atoms with van der Waals surface area (Å²) in [4.78, 5) is 23.9. The maximum Gasteiger partial charge on any atom is 0.328 e. The van der Waals surface area contributed by atoms with Gasteiger partial charge in [0, 0.05) is 5.56 Å². The van der Waals surface area contributed by atoms with E-state index < -0.39 is 12.0 Å². The standard InChI is InChI=1S/C15H19NO4/c1-3-19-15(18)10(2)16-14(17)12-8-9-20-13-7-5-4-6-11(12)13/h4-7,10,12H,3,8-9H2,1-2H3,(H,16,17). The van der Waals surface area contributed by atoms with E-state index in [4.69, 9.17) is 9.47 Å². The highest BCUT2D eigenvalue weighted by Crippen LogP contribution is 2.33. The van der Waals surface area contributed by atoms with Crippen molar-refractivity contribution in [2.75, 3.05) is 13.2 Å². The van der Waals surface area contributed by atoms with Crippen LogP contribution < -0.4 is 10.1 Å². The van der Waals surface area contributed by atoms with Crippen LogP contribution in [0.3, 0.4) is 0 Å². The van der Waals surface area contributed by atoms with Crippen molar-refractivity contribution in [2.24, 2.45) is 0 Å². The molecular weight excluding hydrogens is 258 g/mol. The Bertz CT molecular complexity index is 500. The van der Waals surface area contributed by atoms with Crippen molar-refractivity contribution in [1.82, 2.24) is 5.32 Å². The van der Waals surface area contributed by atoms with Crippen molar-refractivity contribution in [1.29, 1.82) is 0 Å². The van der Waals surface area contributed by atoms with Crippen LogP contribution in [0.1, 0.15) is 31.7 Å². The Balaban J connectivity index is 2.05. The molecular formula is C15H19NO4. The highest BCUT2D eigenvalue weighted by atomic mass is 16.5. The summed E-state index contributed by atoms with van der Waals surface area (Å²) in [6, 6.07) is 6.85. The average Bonchev–Trinajstić information content (AvgIpc) is 2.46. The van der Waals surface area contributed by atoms with Gasteiger partial charge in [0.2, 0.25) is 5.91 Å². The van der Waals surface area contributed by atoms with Gasteiger partial charge in [0.25, 0.3) is 0 Å². The quantitative estimate of drug-likeness (QED) is 0.849. The number of para-hydroxylation sites is 1. The molecule has 1 aliphatic rings. The van der Waals surface area contributed by atoms with E-state index in [1.54, 1.807) is 13.8 Å². The van der Waals surface area contributed by atoms with Gasteiger partial charge in [-0.15, -0.1) is 0 Å². The lowest BCUT2D eigenvalue weighted by molar-refractivity contribution is -0.147. The predicted molar refractivity (Wildman–Crippen MR) is 73.5 cm³/mol. The zero-order valence-corrected chi connectivity index (χ0v) is 11.7. The molecule has 1 aliphatic heterocycles. The second kappa shape index (κ2) is 6.41. The zero-order valence-electron chi connectivity index (χ0n) is 11.7.